The van der Waals surface area contributed by atoms with Crippen LogP contribution in [0.4, 0.5) is 0 Å². The number of carbonyl (C=O) groups excluding carboxylic acids is 15. The Balaban J connectivity index is 3.25. The Morgan fingerprint density at radius 3 is 1.19 bits per heavy atom. The van der Waals surface area contributed by atoms with Crippen molar-refractivity contribution >= 4 is 130 Å². The normalized spacial score (nSPS) is 14.8. The van der Waals surface area contributed by atoms with E-state index < -0.39 is 236 Å². The van der Waals surface area contributed by atoms with Crippen LogP contribution in [0.15, 0.2) is 39.2 Å². The number of aliphatic hydroxyl groups excluding tert-OH is 3. The number of aliphatic imine (C=N–C) groups is 3. The van der Waals surface area contributed by atoms with Crippen LogP contribution in [0, 0.1) is 17.8 Å². The molecule has 0 bridgehead atoms. The maximum absolute atomic E-state index is 14.4. The van der Waals surface area contributed by atoms with Gasteiger partial charge in [-0.3, -0.25) is 91.7 Å². The number of aliphatic carboxylic acids is 2. The van der Waals surface area contributed by atoms with Crippen LogP contribution in [0.5, 0.6) is 5.75 Å². The van der Waals surface area contributed by atoms with E-state index in [2.05, 4.69) is 94.7 Å². The van der Waals surface area contributed by atoms with Gasteiger partial charge in [0.2, 0.25) is 88.6 Å². The molecule has 0 aliphatic heterocycles. The van der Waals surface area contributed by atoms with Crippen LogP contribution in [-0.2, 0) is 87.9 Å². The summed E-state index contributed by atoms with van der Waals surface area (Å²) in [7, 11) is 0. The van der Waals surface area contributed by atoms with Gasteiger partial charge < -0.3 is 151 Å². The van der Waals surface area contributed by atoms with Crippen LogP contribution in [0.25, 0.3) is 0 Å². The number of guanidine groups is 3. The van der Waals surface area contributed by atoms with Crippen LogP contribution < -0.4 is 120 Å². The van der Waals surface area contributed by atoms with Gasteiger partial charge in [0.25, 0.3) is 0 Å². The fourth-order valence-corrected chi connectivity index (χ4v) is 11.5. The molecule has 0 spiro atoms. The molecule has 35 N–H and O–H groups in total. The molecule has 1 aromatic carbocycles. The molecule has 0 fully saturated rings. The minimum Gasteiger partial charge on any atom is -0.508 e. The molecule has 15 atom stereocenters. The molecule has 0 unspecified atom stereocenters. The number of hydrogen-bond donors (Lipinski definition) is 28. The van der Waals surface area contributed by atoms with E-state index in [1.54, 1.807) is 13.8 Å². The standard InChI is InChI=1S/C72H123N25O23S/c1-33(2)26-45(59(109)83-29-50(102)87-48(31-98)66(116)93-47(28-52(104)105)60(110)84-30-51(103)95-53(34(3)4)67(117)90-44(16-13-24-82-72(78)79)63(113)96-54(35(5)6)68(118)97-55(38(9)100)69(119)120)91-56(106)36(7)86-65(115)49(32-99)94-57(107)37(8)85-61(111)42(14-11-22-80-70(74)75)89-64(114)46(27-39-17-19-40(101)20-18-39)92-62(112)43(15-12-23-81-71(76)77)88-58(108)41(73)21-25-121-10/h17-20,33-38,41-49,53-55,98-101H,11-16,21-32,73H2,1-10H3,(H,83,109)(H,84,110)(H,85,111)(H,86,115)(H,87,102)(H,88,108)(H,89,114)(H,90,117)(H,91,106)(H,92,112)(H,93,116)(H,94,107)(H,95,103)(H,96,113)(H,97,118)(H,104,105)(H,119,120)(H4,74,75,80)(H4,76,77,81)(H4,78,79,82)/t36-,37-,38+,41-,42-,43-,44-,45-,46-,47-,48-,49-,53-,54-,55-/m0/s1. The third-order valence-corrected chi connectivity index (χ3v) is 18.3. The lowest BCUT2D eigenvalue weighted by Crippen LogP contribution is -2.60. The van der Waals surface area contributed by atoms with Crippen LogP contribution >= 0.6 is 11.8 Å². The highest BCUT2D eigenvalue weighted by Gasteiger charge is 2.38. The molecule has 15 amide bonds. The number of amides is 15. The van der Waals surface area contributed by atoms with Gasteiger partial charge in [0.05, 0.1) is 44.9 Å². The highest BCUT2D eigenvalue weighted by atomic mass is 32.2. The molecule has 49 heteroatoms. The van der Waals surface area contributed by atoms with Gasteiger partial charge in [0, 0.05) is 26.1 Å². The van der Waals surface area contributed by atoms with E-state index in [4.69, 9.17) is 40.1 Å². The number of hydrogen-bond acceptors (Lipinski definition) is 26. The molecule has 0 heterocycles. The summed E-state index contributed by atoms with van der Waals surface area (Å²) in [6, 6.07) is -16.0. The molecule has 121 heavy (non-hydrogen) atoms. The molecule has 0 saturated carbocycles. The van der Waals surface area contributed by atoms with Gasteiger partial charge in [-0.15, -0.1) is 0 Å². The largest absolute Gasteiger partial charge is 0.508 e. The summed E-state index contributed by atoms with van der Waals surface area (Å²) in [5.41, 5.74) is 39.4. The van der Waals surface area contributed by atoms with E-state index >= 15 is 0 Å². The number of phenolic OH excluding ortho intramolecular Hbond substituents is 1. The SMILES string of the molecule is CSCC[C@H](N)C(=O)N[C@@H](CCCN=C(N)N)C(=O)N[C@@H](Cc1ccc(O)cc1)C(=O)N[C@@H](CCCN=C(N)N)C(=O)N[C@@H](C)C(=O)N[C@@H](CO)C(=O)N[C@@H](C)C(=O)N[C@@H](CC(C)C)C(=O)NCC(=O)N[C@@H](CO)C(=O)N[C@@H](CC(=O)O)C(=O)NCC(=O)N[C@H](C(=O)N[C@@H](CCCN=C(N)N)C(=O)N[C@H](C(=O)N[C@H](C(=O)O)[C@@H](C)O)C(C)C)C(C)C. The van der Waals surface area contributed by atoms with Crippen LogP contribution in [-0.4, -0.2) is 298 Å². The second-order valence-corrected chi connectivity index (χ2v) is 30.2. The van der Waals surface area contributed by atoms with Gasteiger partial charge in [-0.05, 0) is 120 Å². The summed E-state index contributed by atoms with van der Waals surface area (Å²) in [4.78, 5) is 240. The Morgan fingerprint density at radius 1 is 0.405 bits per heavy atom. The fourth-order valence-electron chi connectivity index (χ4n) is 11.0. The van der Waals surface area contributed by atoms with Gasteiger partial charge in [-0.2, -0.15) is 11.8 Å². The Labute approximate surface area is 702 Å². The smallest absolute Gasteiger partial charge is 0.328 e. The number of nitrogens with two attached hydrogens (primary N) is 7. The summed E-state index contributed by atoms with van der Waals surface area (Å²) in [5, 5.41) is 94.9. The number of carboxylic acids is 2. The number of benzene rings is 1. The third-order valence-electron chi connectivity index (χ3n) is 17.6. The number of aromatic hydroxyl groups is 1. The first kappa shape index (κ1) is 107. The quantitative estimate of drug-likeness (QED) is 0.0164. The molecule has 0 aliphatic rings. The van der Waals surface area contributed by atoms with Gasteiger partial charge in [0.15, 0.2) is 23.9 Å². The van der Waals surface area contributed by atoms with Crippen molar-refractivity contribution in [2.45, 2.75) is 217 Å². The maximum Gasteiger partial charge on any atom is 0.328 e. The van der Waals surface area contributed by atoms with Gasteiger partial charge in [-0.1, -0.05) is 53.7 Å². The first-order valence-corrected chi connectivity index (χ1v) is 40.1. The van der Waals surface area contributed by atoms with E-state index in [-0.39, 0.29) is 107 Å². The molecule has 48 nitrogen and oxygen atoms in total. The Hall–Kier alpha value is -12.0. The lowest BCUT2D eigenvalue weighted by molar-refractivity contribution is -0.145. The second-order valence-electron chi connectivity index (χ2n) is 29.2. The Kier molecular flexibility index (Phi) is 49.3. The molecule has 1 aromatic rings. The summed E-state index contributed by atoms with van der Waals surface area (Å²) < 4.78 is 0. The molecule has 0 aromatic heterocycles. The fraction of sp³-hybridized carbons (Fsp3) is 0.639. The average Bonchev–Trinajstić information content (AvgIpc) is 0.832. The van der Waals surface area contributed by atoms with Crippen molar-refractivity contribution in [2.75, 3.05) is 57.9 Å². The minimum absolute atomic E-state index is 0.0299. The van der Waals surface area contributed by atoms with E-state index in [0.717, 1.165) is 6.92 Å². The Bertz CT molecular complexity index is 3750. The third kappa shape index (κ3) is 42.5. The zero-order chi connectivity index (χ0) is 92.1. The predicted molar refractivity (Wildman–Crippen MR) is 440 cm³/mol. The summed E-state index contributed by atoms with van der Waals surface area (Å²) in [6.45, 7) is 8.66. The van der Waals surface area contributed by atoms with Crippen molar-refractivity contribution in [3.63, 3.8) is 0 Å². The molecular weight excluding hydrogens is 1620 g/mol. The molecule has 0 saturated heterocycles. The topological polar surface area (TPSA) is 811 Å². The minimum atomic E-state index is -2.00. The number of nitrogens with one attached hydrogen (secondary N) is 15. The summed E-state index contributed by atoms with van der Waals surface area (Å²) in [6.07, 6.45) is -1.01. The first-order chi connectivity index (χ1) is 56.7. The number of rotatable bonds is 57. The zero-order valence-corrected chi connectivity index (χ0v) is 70.2. The van der Waals surface area contributed by atoms with Gasteiger partial charge in [0.1, 0.15) is 78.3 Å². The van der Waals surface area contributed by atoms with Crippen molar-refractivity contribution in [1.82, 2.24) is 79.8 Å². The van der Waals surface area contributed by atoms with Crippen molar-refractivity contribution < 1.29 is 112 Å². The predicted octanol–water partition coefficient (Wildman–Crippen LogP) is -11.0. The lowest BCUT2D eigenvalue weighted by Gasteiger charge is -2.28. The van der Waals surface area contributed by atoms with Gasteiger partial charge >= 0.3 is 11.9 Å². The van der Waals surface area contributed by atoms with E-state index in [1.165, 1.54) is 77.6 Å². The average molecular weight is 1740 g/mol. The van der Waals surface area contributed by atoms with Crippen LogP contribution in [0.3, 0.4) is 0 Å². The highest BCUT2D eigenvalue weighted by molar-refractivity contribution is 7.98. The molecule has 0 radical (unpaired) electrons. The summed E-state index contributed by atoms with van der Waals surface area (Å²) in [5.74, 6) is -20.7. The van der Waals surface area contributed by atoms with Crippen molar-refractivity contribution in [3.05, 3.63) is 29.8 Å². The first-order valence-electron chi connectivity index (χ1n) is 38.7. The summed E-state index contributed by atoms with van der Waals surface area (Å²) >= 11 is 1.44. The molecule has 680 valence electrons. The highest BCUT2D eigenvalue weighted by Crippen LogP contribution is 2.15. The Morgan fingerprint density at radius 2 is 0.760 bits per heavy atom. The van der Waals surface area contributed by atoms with Crippen molar-refractivity contribution in [2.24, 2.45) is 72.9 Å². The monoisotopic (exact) mass is 1740 g/mol. The molecule has 0 aliphatic carbocycles. The number of aliphatic hydroxyl groups is 3. The van der Waals surface area contributed by atoms with Crippen molar-refractivity contribution in [1.29, 1.82) is 0 Å². The van der Waals surface area contributed by atoms with E-state index in [1.807, 2.05) is 6.26 Å². The maximum atomic E-state index is 14.4. The molecule has 1 rings (SSSR count). The van der Waals surface area contributed by atoms with E-state index in [9.17, 15) is 112 Å². The second kappa shape index (κ2) is 55.7. The van der Waals surface area contributed by atoms with Gasteiger partial charge in [-0.25, -0.2) is 4.79 Å². The van der Waals surface area contributed by atoms with E-state index in [0.29, 0.717) is 11.3 Å². The number of thioether (sulfide) groups is 1. The van der Waals surface area contributed by atoms with Crippen LogP contribution in [0.1, 0.15) is 126 Å². The lowest BCUT2D eigenvalue weighted by atomic mass is 10.00. The number of nitrogens with zero attached hydrogens (tertiary/aromatic N) is 3. The van der Waals surface area contributed by atoms with Crippen molar-refractivity contribution in [3.8, 4) is 5.75 Å². The zero-order valence-electron chi connectivity index (χ0n) is 69.3. The molecular formula is C72H123N25O23S. The number of carbonyl (C=O) groups is 17. The number of phenols is 1. The van der Waals surface area contributed by atoms with Crippen LogP contribution in [0.2, 0.25) is 0 Å². The number of carboxylic acid groups (broad SMARTS) is 2.